The molecule has 0 aromatic rings. The van der Waals surface area contributed by atoms with Gasteiger partial charge in [0.05, 0.1) is 6.04 Å². The smallest absolute Gasteiger partial charge is 0.0557 e. The lowest BCUT2D eigenvalue weighted by atomic mass is 9.38. The molecule has 2 aliphatic heterocycles. The summed E-state index contributed by atoms with van der Waals surface area (Å²) in [5.74, 6) is 1.13. The molecule has 0 spiro atoms. The van der Waals surface area contributed by atoms with Gasteiger partial charge in [-0.25, -0.2) is 0 Å². The van der Waals surface area contributed by atoms with Crippen LogP contribution in [-0.4, -0.2) is 18.5 Å². The topological polar surface area (TPSA) is 48.2 Å². The minimum absolute atomic E-state index is 0.0179. The van der Waals surface area contributed by atoms with Crippen LogP contribution in [0.2, 0.25) is 0 Å². The maximum Gasteiger partial charge on any atom is 0.0557 e. The molecule has 4 rings (SSSR count). The maximum atomic E-state index is 7.75. The van der Waals surface area contributed by atoms with E-state index in [1.807, 2.05) is 6.21 Å². The maximum absolute atomic E-state index is 7.75. The van der Waals surface area contributed by atoms with Gasteiger partial charge in [-0.05, 0) is 30.9 Å². The third kappa shape index (κ3) is 0.938. The molecule has 0 aromatic heterocycles. The van der Waals surface area contributed by atoms with Crippen LogP contribution in [-0.2, 0) is 0 Å². The van der Waals surface area contributed by atoms with Crippen molar-refractivity contribution < 1.29 is 0 Å². The van der Waals surface area contributed by atoms with Gasteiger partial charge in [0.2, 0.25) is 0 Å². The van der Waals surface area contributed by atoms with Gasteiger partial charge in [0, 0.05) is 35.2 Å². The summed E-state index contributed by atoms with van der Waals surface area (Å²) in [7, 11) is 0. The first kappa shape index (κ1) is 9.40. The molecule has 17 heavy (non-hydrogen) atoms. The van der Waals surface area contributed by atoms with Crippen LogP contribution in [0.1, 0.15) is 12.8 Å². The van der Waals surface area contributed by atoms with Gasteiger partial charge in [-0.3, -0.25) is 4.99 Å². The Morgan fingerprint density at radius 1 is 1.59 bits per heavy atom. The van der Waals surface area contributed by atoms with E-state index in [0.29, 0.717) is 17.9 Å². The van der Waals surface area contributed by atoms with E-state index in [-0.39, 0.29) is 5.41 Å². The number of fused-ring (bicyclic) bond motifs is 2. The zero-order valence-electron chi connectivity index (χ0n) is 9.61. The predicted molar refractivity (Wildman–Crippen MR) is 68.2 cm³/mol. The first-order valence-electron chi connectivity index (χ1n) is 6.16. The number of nitrogens with one attached hydrogen (secondary N) is 2. The van der Waals surface area contributed by atoms with Crippen molar-refractivity contribution in [1.29, 1.82) is 5.41 Å². The minimum Gasteiger partial charge on any atom is -0.359 e. The highest BCUT2D eigenvalue weighted by Gasteiger charge is 2.67. The van der Waals surface area contributed by atoms with Gasteiger partial charge in [-0.15, -0.1) is 0 Å². The summed E-state index contributed by atoms with van der Waals surface area (Å²) in [4.78, 5) is 4.61. The van der Waals surface area contributed by atoms with E-state index in [9.17, 15) is 0 Å². The SMILES string of the molecule is C=C1C=C2[C@H]3CC(=CC=N[C@H]4CC2(C=N)[C@@H]43)N1. The summed E-state index contributed by atoms with van der Waals surface area (Å²) >= 11 is 0. The van der Waals surface area contributed by atoms with Gasteiger partial charge in [0.15, 0.2) is 0 Å². The van der Waals surface area contributed by atoms with Crippen LogP contribution in [0.25, 0.3) is 0 Å². The quantitative estimate of drug-likeness (QED) is 0.659. The van der Waals surface area contributed by atoms with Crippen molar-refractivity contribution in [3.05, 3.63) is 35.7 Å². The number of hydrogen-bond donors (Lipinski definition) is 2. The summed E-state index contributed by atoms with van der Waals surface area (Å²) < 4.78 is 0. The lowest BCUT2D eigenvalue weighted by Crippen LogP contribution is -2.66. The Labute approximate surface area is 101 Å². The summed E-state index contributed by atoms with van der Waals surface area (Å²) in [5, 5.41) is 11.1. The van der Waals surface area contributed by atoms with Crippen molar-refractivity contribution in [2.45, 2.75) is 18.9 Å². The fourth-order valence-electron chi connectivity index (χ4n) is 4.11. The molecule has 0 amide bonds. The Balaban J connectivity index is 1.88. The highest BCUT2D eigenvalue weighted by atomic mass is 15.0. The lowest BCUT2D eigenvalue weighted by Gasteiger charge is -2.66. The van der Waals surface area contributed by atoms with Gasteiger partial charge < -0.3 is 10.7 Å². The van der Waals surface area contributed by atoms with Gasteiger partial charge >= 0.3 is 0 Å². The Kier molecular flexibility index (Phi) is 1.54. The Bertz CT molecular complexity index is 526. The molecule has 3 heteroatoms. The molecule has 86 valence electrons. The van der Waals surface area contributed by atoms with E-state index in [1.54, 1.807) is 6.21 Å². The van der Waals surface area contributed by atoms with Gasteiger partial charge in [-0.2, -0.15) is 0 Å². The van der Waals surface area contributed by atoms with E-state index in [4.69, 9.17) is 5.41 Å². The highest BCUT2D eigenvalue weighted by Crippen LogP contribution is 2.69. The molecule has 4 aliphatic rings. The average molecular weight is 225 g/mol. The van der Waals surface area contributed by atoms with Gasteiger partial charge in [-0.1, -0.05) is 12.2 Å². The molecule has 4 atom stereocenters. The lowest BCUT2D eigenvalue weighted by molar-refractivity contribution is -0.0178. The van der Waals surface area contributed by atoms with Crippen LogP contribution in [0.3, 0.4) is 0 Å². The van der Waals surface area contributed by atoms with Crippen molar-refractivity contribution in [1.82, 2.24) is 5.32 Å². The predicted octanol–water partition coefficient (Wildman–Crippen LogP) is 2.04. The van der Waals surface area contributed by atoms with Crippen molar-refractivity contribution in [3.63, 3.8) is 0 Å². The largest absolute Gasteiger partial charge is 0.359 e. The molecule has 2 heterocycles. The molecule has 1 unspecified atom stereocenters. The first-order chi connectivity index (χ1) is 8.24. The number of allylic oxidation sites excluding steroid dienone is 4. The van der Waals surface area contributed by atoms with Crippen LogP contribution >= 0.6 is 0 Å². The third-order valence-electron chi connectivity index (χ3n) is 4.83. The van der Waals surface area contributed by atoms with Crippen molar-refractivity contribution in [2.24, 2.45) is 22.2 Å². The summed E-state index contributed by atoms with van der Waals surface area (Å²) in [6.07, 6.45) is 9.86. The molecule has 2 aliphatic carbocycles. The molecule has 2 N–H and O–H groups in total. The Hall–Kier alpha value is -1.64. The molecule has 0 saturated heterocycles. The normalized spacial score (nSPS) is 44.9. The van der Waals surface area contributed by atoms with E-state index < -0.39 is 0 Å². The number of nitrogens with zero attached hydrogens (tertiary/aromatic N) is 1. The van der Waals surface area contributed by atoms with Crippen molar-refractivity contribution in [2.75, 3.05) is 0 Å². The van der Waals surface area contributed by atoms with E-state index in [2.05, 4.69) is 29.0 Å². The van der Waals surface area contributed by atoms with Crippen LogP contribution in [0.15, 0.2) is 40.7 Å². The fraction of sp³-hybridized carbons (Fsp3) is 0.429. The average Bonchev–Trinajstić information content (AvgIpc) is 2.44. The first-order valence-corrected chi connectivity index (χ1v) is 6.16. The monoisotopic (exact) mass is 225 g/mol. The van der Waals surface area contributed by atoms with Crippen LogP contribution in [0.5, 0.6) is 0 Å². The Morgan fingerprint density at radius 3 is 3.29 bits per heavy atom. The van der Waals surface area contributed by atoms with Crippen molar-refractivity contribution in [3.8, 4) is 0 Å². The molecule has 2 bridgehead atoms. The second-order valence-corrected chi connectivity index (χ2v) is 5.53. The molecule has 0 aromatic carbocycles. The zero-order chi connectivity index (χ0) is 11.6. The van der Waals surface area contributed by atoms with Crippen molar-refractivity contribution >= 4 is 12.4 Å². The molecule has 2 fully saturated rings. The zero-order valence-corrected chi connectivity index (χ0v) is 9.61. The molecule has 3 nitrogen and oxygen atoms in total. The minimum atomic E-state index is 0.0179. The highest BCUT2D eigenvalue weighted by molar-refractivity contribution is 5.79. The summed E-state index contributed by atoms with van der Waals surface area (Å²) in [6, 6.07) is 0.433. The second-order valence-electron chi connectivity index (χ2n) is 5.53. The third-order valence-corrected chi connectivity index (χ3v) is 4.83. The Morgan fingerprint density at radius 2 is 2.47 bits per heavy atom. The number of rotatable bonds is 1. The number of hydrogen-bond acceptors (Lipinski definition) is 3. The standard InChI is InChI=1S/C14H15N3/c1-8-4-11-10-5-9(17-8)2-3-16-12-6-14(11,7-15)13(10)12/h2-4,7,10,12-13,15,17H,1,5-6H2/t10-,12+,13-,14?/m1/s1. The second kappa shape index (κ2) is 2.78. The van der Waals surface area contributed by atoms with Crippen LogP contribution < -0.4 is 5.32 Å². The molecule has 0 radical (unpaired) electrons. The van der Waals surface area contributed by atoms with Crippen LogP contribution in [0, 0.1) is 22.7 Å². The van der Waals surface area contributed by atoms with E-state index in [0.717, 1.165) is 18.5 Å². The molecule has 2 saturated carbocycles. The van der Waals surface area contributed by atoms with Gasteiger partial charge in [0.1, 0.15) is 0 Å². The van der Waals surface area contributed by atoms with E-state index in [1.165, 1.54) is 11.3 Å². The van der Waals surface area contributed by atoms with E-state index >= 15 is 0 Å². The fourth-order valence-corrected chi connectivity index (χ4v) is 4.11. The van der Waals surface area contributed by atoms with Gasteiger partial charge in [0.25, 0.3) is 0 Å². The molecular formula is C14H15N3. The molecular weight excluding hydrogens is 210 g/mol. The summed E-state index contributed by atoms with van der Waals surface area (Å²) in [6.45, 7) is 4.04. The van der Waals surface area contributed by atoms with Crippen LogP contribution in [0.4, 0.5) is 0 Å². The number of aliphatic imine (C=N–C) groups is 1. The summed E-state index contributed by atoms with van der Waals surface area (Å²) in [5.41, 5.74) is 3.59.